The summed E-state index contributed by atoms with van der Waals surface area (Å²) in [5.41, 5.74) is 0.918. The Labute approximate surface area is 142 Å². The minimum absolute atomic E-state index is 0.221. The first-order valence-electron chi connectivity index (χ1n) is 8.13. The number of sulfonamides is 1. The molecule has 0 spiro atoms. The van der Waals surface area contributed by atoms with Crippen LogP contribution in [0.3, 0.4) is 0 Å². The normalized spacial score (nSPS) is 17.2. The molecule has 1 aromatic carbocycles. The number of nitrogens with zero attached hydrogens (tertiary/aromatic N) is 6. The summed E-state index contributed by atoms with van der Waals surface area (Å²) in [7, 11) is -3.11. The van der Waals surface area contributed by atoms with Crippen molar-refractivity contribution in [3.63, 3.8) is 0 Å². The minimum atomic E-state index is -3.11. The van der Waals surface area contributed by atoms with Gasteiger partial charge in [0, 0.05) is 26.2 Å². The summed E-state index contributed by atoms with van der Waals surface area (Å²) in [6.45, 7) is 4.90. The van der Waals surface area contributed by atoms with Gasteiger partial charge in [0.15, 0.2) is 5.82 Å². The third kappa shape index (κ3) is 3.80. The molecule has 0 saturated carbocycles. The molecule has 0 radical (unpaired) electrons. The third-order valence-electron chi connectivity index (χ3n) is 4.09. The molecule has 0 amide bonds. The summed E-state index contributed by atoms with van der Waals surface area (Å²) in [6, 6.07) is 9.74. The van der Waals surface area contributed by atoms with E-state index in [0.29, 0.717) is 39.1 Å². The summed E-state index contributed by atoms with van der Waals surface area (Å²) in [5, 5.41) is 11.9. The molecule has 8 nitrogen and oxygen atoms in total. The predicted octanol–water partition coefficient (Wildman–Crippen LogP) is 0.520. The quantitative estimate of drug-likeness (QED) is 0.755. The topological polar surface area (TPSA) is 84.2 Å². The Balaban J connectivity index is 1.63. The average molecular weight is 350 g/mol. The van der Waals surface area contributed by atoms with Crippen LogP contribution in [0, 0.1) is 0 Å². The Morgan fingerprint density at radius 1 is 1.08 bits per heavy atom. The van der Waals surface area contributed by atoms with Crippen LogP contribution < -0.4 is 0 Å². The van der Waals surface area contributed by atoms with E-state index in [-0.39, 0.29) is 5.75 Å². The zero-order valence-electron chi connectivity index (χ0n) is 13.7. The molecule has 0 bridgehead atoms. The van der Waals surface area contributed by atoms with Crippen LogP contribution in [-0.2, 0) is 16.6 Å². The van der Waals surface area contributed by atoms with Gasteiger partial charge < -0.3 is 0 Å². The highest BCUT2D eigenvalue weighted by molar-refractivity contribution is 7.89. The zero-order valence-corrected chi connectivity index (χ0v) is 14.6. The van der Waals surface area contributed by atoms with Crippen molar-refractivity contribution < 1.29 is 8.42 Å². The van der Waals surface area contributed by atoms with E-state index in [9.17, 15) is 8.42 Å². The van der Waals surface area contributed by atoms with E-state index < -0.39 is 10.0 Å². The van der Waals surface area contributed by atoms with E-state index in [2.05, 4.69) is 20.4 Å². The number of tetrazole rings is 1. The van der Waals surface area contributed by atoms with Crippen molar-refractivity contribution in [2.45, 2.75) is 19.9 Å². The SMILES string of the molecule is CCCS(=O)(=O)N1CCN(Cc2nnnn2-c2ccccc2)CC1. The molecule has 0 unspecified atom stereocenters. The van der Waals surface area contributed by atoms with Crippen LogP contribution >= 0.6 is 0 Å². The second-order valence-corrected chi connectivity index (χ2v) is 7.92. The summed E-state index contributed by atoms with van der Waals surface area (Å²) in [5.74, 6) is 0.977. The van der Waals surface area contributed by atoms with E-state index >= 15 is 0 Å². The van der Waals surface area contributed by atoms with Gasteiger partial charge in [0.1, 0.15) is 0 Å². The second-order valence-electron chi connectivity index (χ2n) is 5.83. The van der Waals surface area contributed by atoms with Crippen LogP contribution in [0.4, 0.5) is 0 Å². The van der Waals surface area contributed by atoms with Gasteiger partial charge in [-0.25, -0.2) is 8.42 Å². The first-order valence-corrected chi connectivity index (χ1v) is 9.74. The monoisotopic (exact) mass is 350 g/mol. The van der Waals surface area contributed by atoms with Crippen molar-refractivity contribution >= 4 is 10.0 Å². The fraction of sp³-hybridized carbons (Fsp3) is 0.533. The van der Waals surface area contributed by atoms with E-state index in [4.69, 9.17) is 0 Å². The van der Waals surface area contributed by atoms with Crippen LogP contribution in [0.25, 0.3) is 5.69 Å². The fourth-order valence-electron chi connectivity index (χ4n) is 2.83. The maximum Gasteiger partial charge on any atom is 0.214 e. The smallest absolute Gasteiger partial charge is 0.214 e. The minimum Gasteiger partial charge on any atom is -0.293 e. The molecule has 2 heterocycles. The van der Waals surface area contributed by atoms with Crippen molar-refractivity contribution in [3.05, 3.63) is 36.2 Å². The van der Waals surface area contributed by atoms with Crippen molar-refractivity contribution in [3.8, 4) is 5.69 Å². The molecule has 1 aliphatic heterocycles. The lowest BCUT2D eigenvalue weighted by Crippen LogP contribution is -2.49. The van der Waals surface area contributed by atoms with Gasteiger partial charge in [-0.2, -0.15) is 8.99 Å². The number of benzene rings is 1. The zero-order chi connectivity index (χ0) is 17.0. The Hall–Kier alpha value is -1.84. The lowest BCUT2D eigenvalue weighted by molar-refractivity contribution is 0.177. The van der Waals surface area contributed by atoms with E-state index in [1.807, 2.05) is 37.3 Å². The largest absolute Gasteiger partial charge is 0.293 e. The number of aromatic nitrogens is 4. The van der Waals surface area contributed by atoms with Crippen LogP contribution in [0.5, 0.6) is 0 Å². The first-order chi connectivity index (χ1) is 11.6. The summed E-state index contributed by atoms with van der Waals surface area (Å²) >= 11 is 0. The molecule has 1 fully saturated rings. The van der Waals surface area contributed by atoms with Gasteiger partial charge in [-0.15, -0.1) is 5.10 Å². The first kappa shape index (κ1) is 17.0. The van der Waals surface area contributed by atoms with Crippen LogP contribution in [-0.4, -0.2) is 69.8 Å². The van der Waals surface area contributed by atoms with Crippen LogP contribution in [0.15, 0.2) is 30.3 Å². The number of rotatable bonds is 6. The maximum absolute atomic E-state index is 12.1. The predicted molar refractivity (Wildman–Crippen MR) is 90.1 cm³/mol. The summed E-state index contributed by atoms with van der Waals surface area (Å²) < 4.78 is 27.6. The molecule has 3 rings (SSSR count). The number of hydrogen-bond acceptors (Lipinski definition) is 6. The molecular formula is C15H22N6O2S. The van der Waals surface area contributed by atoms with Gasteiger partial charge in [0.25, 0.3) is 0 Å². The van der Waals surface area contributed by atoms with Gasteiger partial charge >= 0.3 is 0 Å². The van der Waals surface area contributed by atoms with E-state index in [1.54, 1.807) is 8.99 Å². The molecule has 0 atom stereocenters. The molecule has 1 saturated heterocycles. The Morgan fingerprint density at radius 3 is 2.46 bits per heavy atom. The molecule has 1 aliphatic rings. The van der Waals surface area contributed by atoms with Crippen molar-refractivity contribution in [1.82, 2.24) is 29.4 Å². The van der Waals surface area contributed by atoms with Gasteiger partial charge in [-0.05, 0) is 29.0 Å². The highest BCUT2D eigenvalue weighted by atomic mass is 32.2. The lowest BCUT2D eigenvalue weighted by atomic mass is 10.3. The molecular weight excluding hydrogens is 328 g/mol. The highest BCUT2D eigenvalue weighted by Gasteiger charge is 2.26. The number of piperazine rings is 1. The number of hydrogen-bond donors (Lipinski definition) is 0. The molecule has 24 heavy (non-hydrogen) atoms. The van der Waals surface area contributed by atoms with Gasteiger partial charge in [-0.1, -0.05) is 25.1 Å². The Kier molecular flexibility index (Phi) is 5.22. The van der Waals surface area contributed by atoms with Crippen molar-refractivity contribution in [2.75, 3.05) is 31.9 Å². The molecule has 0 N–H and O–H groups in total. The molecule has 0 aliphatic carbocycles. The van der Waals surface area contributed by atoms with Gasteiger partial charge in [0.2, 0.25) is 10.0 Å². The lowest BCUT2D eigenvalue weighted by Gasteiger charge is -2.33. The highest BCUT2D eigenvalue weighted by Crippen LogP contribution is 2.13. The number of para-hydroxylation sites is 1. The molecule has 1 aromatic heterocycles. The Bertz CT molecular complexity index is 753. The molecule has 2 aromatic rings. The van der Waals surface area contributed by atoms with Crippen LogP contribution in [0.2, 0.25) is 0 Å². The Morgan fingerprint density at radius 2 is 1.79 bits per heavy atom. The fourth-order valence-corrected chi connectivity index (χ4v) is 4.32. The third-order valence-corrected chi connectivity index (χ3v) is 6.16. The summed E-state index contributed by atoms with van der Waals surface area (Å²) in [6.07, 6.45) is 0.647. The van der Waals surface area contributed by atoms with Gasteiger partial charge in [0.05, 0.1) is 18.0 Å². The standard InChI is InChI=1S/C15H22N6O2S/c1-2-12-24(22,23)20-10-8-19(9-11-20)13-15-16-17-18-21(15)14-6-4-3-5-7-14/h3-7H,2,8-13H2,1H3. The van der Waals surface area contributed by atoms with E-state index in [0.717, 1.165) is 11.5 Å². The van der Waals surface area contributed by atoms with Crippen LogP contribution in [0.1, 0.15) is 19.2 Å². The summed E-state index contributed by atoms with van der Waals surface area (Å²) in [4.78, 5) is 2.18. The average Bonchev–Trinajstić information content (AvgIpc) is 3.04. The molecule has 130 valence electrons. The maximum atomic E-state index is 12.1. The van der Waals surface area contributed by atoms with Crippen molar-refractivity contribution in [1.29, 1.82) is 0 Å². The van der Waals surface area contributed by atoms with Gasteiger partial charge in [-0.3, -0.25) is 4.90 Å². The molecule has 9 heteroatoms. The van der Waals surface area contributed by atoms with E-state index in [1.165, 1.54) is 0 Å². The van der Waals surface area contributed by atoms with Crippen molar-refractivity contribution in [2.24, 2.45) is 0 Å². The second kappa shape index (κ2) is 7.37.